The van der Waals surface area contributed by atoms with Crippen molar-refractivity contribution in [1.29, 1.82) is 0 Å². The van der Waals surface area contributed by atoms with Crippen molar-refractivity contribution in [1.82, 2.24) is 9.88 Å². The number of benzene rings is 1. The van der Waals surface area contributed by atoms with Gasteiger partial charge >= 0.3 is 5.97 Å². The van der Waals surface area contributed by atoms with Crippen LogP contribution >= 0.6 is 11.6 Å². The molecule has 1 amide bonds. The van der Waals surface area contributed by atoms with Gasteiger partial charge in [-0.1, -0.05) is 23.7 Å². The summed E-state index contributed by atoms with van der Waals surface area (Å²) in [6, 6.07) is 10.3. The maximum atomic E-state index is 12.8. The zero-order chi connectivity index (χ0) is 18.0. The molecule has 1 aliphatic rings. The van der Waals surface area contributed by atoms with Crippen molar-refractivity contribution in [2.75, 3.05) is 20.2 Å². The van der Waals surface area contributed by atoms with Gasteiger partial charge in [-0.3, -0.25) is 9.59 Å². The molecule has 1 saturated heterocycles. The van der Waals surface area contributed by atoms with Gasteiger partial charge in [-0.25, -0.2) is 4.98 Å². The molecule has 7 heteroatoms. The van der Waals surface area contributed by atoms with E-state index in [-0.39, 0.29) is 24.2 Å². The molecule has 25 heavy (non-hydrogen) atoms. The molecule has 2 atom stereocenters. The monoisotopic (exact) mass is 360 g/mol. The minimum absolute atomic E-state index is 0.138. The van der Waals surface area contributed by atoms with Gasteiger partial charge in [0.15, 0.2) is 0 Å². The molecule has 0 unspecified atom stereocenters. The fraction of sp³-hybridized carbons (Fsp3) is 0.278. The number of carbonyl (C=O) groups is 2. The Morgan fingerprint density at radius 3 is 2.60 bits per heavy atom. The number of ether oxygens (including phenoxy) is 1. The highest BCUT2D eigenvalue weighted by molar-refractivity contribution is 6.30. The number of aromatic nitrogens is 1. The average Bonchev–Trinajstić information content (AvgIpc) is 3.07. The maximum absolute atomic E-state index is 12.8. The van der Waals surface area contributed by atoms with Crippen molar-refractivity contribution < 1.29 is 19.4 Å². The number of carboxylic acids is 1. The van der Waals surface area contributed by atoms with Crippen LogP contribution in [0.15, 0.2) is 42.6 Å². The standard InChI is InChI=1S/C18H17ClN2O4/c1-25-16-13(3-2-8-20-16)17(22)21-9-14(15(10-21)18(23)24)11-4-6-12(19)7-5-11/h2-8,14-15H,9-10H2,1H3,(H,23,24)/t14-,15+/m0/s1. The molecule has 3 rings (SSSR count). The lowest BCUT2D eigenvalue weighted by Gasteiger charge is -2.17. The first-order valence-corrected chi connectivity index (χ1v) is 8.15. The molecule has 1 aliphatic heterocycles. The number of carbonyl (C=O) groups excluding carboxylic acids is 1. The number of nitrogens with zero attached hydrogens (tertiary/aromatic N) is 2. The summed E-state index contributed by atoms with van der Waals surface area (Å²) in [4.78, 5) is 30.1. The van der Waals surface area contributed by atoms with Gasteiger partial charge in [0.1, 0.15) is 5.56 Å². The largest absolute Gasteiger partial charge is 0.481 e. The van der Waals surface area contributed by atoms with E-state index in [4.69, 9.17) is 16.3 Å². The van der Waals surface area contributed by atoms with E-state index in [2.05, 4.69) is 4.98 Å². The van der Waals surface area contributed by atoms with E-state index in [0.717, 1.165) is 5.56 Å². The smallest absolute Gasteiger partial charge is 0.308 e. The van der Waals surface area contributed by atoms with E-state index in [1.807, 2.05) is 12.1 Å². The van der Waals surface area contributed by atoms with Crippen molar-refractivity contribution >= 4 is 23.5 Å². The van der Waals surface area contributed by atoms with E-state index >= 15 is 0 Å². The molecular formula is C18H17ClN2O4. The molecule has 2 aromatic rings. The summed E-state index contributed by atoms with van der Waals surface area (Å²) in [5.74, 6) is -1.94. The predicted octanol–water partition coefficient (Wildman–Crippen LogP) is 2.68. The maximum Gasteiger partial charge on any atom is 0.308 e. The highest BCUT2D eigenvalue weighted by Gasteiger charge is 2.41. The highest BCUT2D eigenvalue weighted by atomic mass is 35.5. The number of methoxy groups -OCH3 is 1. The Balaban J connectivity index is 1.88. The number of likely N-dealkylation sites (tertiary alicyclic amines) is 1. The topological polar surface area (TPSA) is 79.7 Å². The minimum atomic E-state index is -0.923. The van der Waals surface area contributed by atoms with Gasteiger partial charge in [-0.05, 0) is 29.8 Å². The lowest BCUT2D eigenvalue weighted by molar-refractivity contribution is -0.141. The van der Waals surface area contributed by atoms with Gasteiger partial charge in [0.05, 0.1) is 13.0 Å². The third-order valence-electron chi connectivity index (χ3n) is 4.42. The number of amides is 1. The van der Waals surface area contributed by atoms with Crippen molar-refractivity contribution in [2.24, 2.45) is 5.92 Å². The first kappa shape index (κ1) is 17.2. The second kappa shape index (κ2) is 7.11. The van der Waals surface area contributed by atoms with Crippen molar-refractivity contribution in [3.63, 3.8) is 0 Å². The first-order valence-electron chi connectivity index (χ1n) is 7.77. The van der Waals surface area contributed by atoms with E-state index in [0.29, 0.717) is 17.1 Å². The molecular weight excluding hydrogens is 344 g/mol. The van der Waals surface area contributed by atoms with Gasteiger partial charge in [-0.15, -0.1) is 0 Å². The number of carboxylic acid groups (broad SMARTS) is 1. The molecule has 1 aromatic carbocycles. The Kier molecular flexibility index (Phi) is 4.90. The number of hydrogen-bond acceptors (Lipinski definition) is 4. The van der Waals surface area contributed by atoms with E-state index < -0.39 is 11.9 Å². The Hall–Kier alpha value is -2.60. The molecule has 6 nitrogen and oxygen atoms in total. The van der Waals surface area contributed by atoms with Gasteiger partial charge in [0.2, 0.25) is 5.88 Å². The third-order valence-corrected chi connectivity index (χ3v) is 4.67. The van der Waals surface area contributed by atoms with E-state index in [1.165, 1.54) is 18.2 Å². The average molecular weight is 361 g/mol. The van der Waals surface area contributed by atoms with Crippen LogP contribution in [0.25, 0.3) is 0 Å². The van der Waals surface area contributed by atoms with E-state index in [9.17, 15) is 14.7 Å². The van der Waals surface area contributed by atoms with Crippen LogP contribution in [0.3, 0.4) is 0 Å². The van der Waals surface area contributed by atoms with Crippen molar-refractivity contribution in [3.8, 4) is 5.88 Å². The van der Waals surface area contributed by atoms with Gasteiger partial charge < -0.3 is 14.7 Å². The summed E-state index contributed by atoms with van der Waals surface area (Å²) in [6.07, 6.45) is 1.54. The summed E-state index contributed by atoms with van der Waals surface area (Å²) in [6.45, 7) is 0.453. The van der Waals surface area contributed by atoms with Crippen LogP contribution in [0.1, 0.15) is 21.8 Å². The van der Waals surface area contributed by atoms with Crippen LogP contribution in [0.5, 0.6) is 5.88 Å². The lowest BCUT2D eigenvalue weighted by Crippen LogP contribution is -2.30. The molecule has 130 valence electrons. The van der Waals surface area contributed by atoms with Crippen molar-refractivity contribution in [3.05, 3.63) is 58.7 Å². The van der Waals surface area contributed by atoms with Crippen molar-refractivity contribution in [2.45, 2.75) is 5.92 Å². The molecule has 1 N–H and O–H groups in total. The second-order valence-electron chi connectivity index (χ2n) is 5.87. The zero-order valence-electron chi connectivity index (χ0n) is 13.6. The minimum Gasteiger partial charge on any atom is -0.481 e. The predicted molar refractivity (Wildman–Crippen MR) is 92.0 cm³/mol. The summed E-state index contributed by atoms with van der Waals surface area (Å²) in [5.41, 5.74) is 1.18. The Morgan fingerprint density at radius 1 is 1.24 bits per heavy atom. The van der Waals surface area contributed by atoms with Crippen LogP contribution < -0.4 is 4.74 Å². The van der Waals surface area contributed by atoms with Gasteiger partial charge in [-0.2, -0.15) is 0 Å². The molecule has 0 bridgehead atoms. The van der Waals surface area contributed by atoms with Gasteiger partial charge in [0.25, 0.3) is 5.91 Å². The van der Waals surface area contributed by atoms with Crippen LogP contribution in [-0.4, -0.2) is 47.1 Å². The second-order valence-corrected chi connectivity index (χ2v) is 6.31. The first-order chi connectivity index (χ1) is 12.0. The summed E-state index contributed by atoms with van der Waals surface area (Å²) in [7, 11) is 1.44. The molecule has 0 aliphatic carbocycles. The summed E-state index contributed by atoms with van der Waals surface area (Å²) in [5, 5.41) is 10.2. The Labute approximate surface area is 150 Å². The van der Waals surface area contributed by atoms with Crippen LogP contribution in [-0.2, 0) is 4.79 Å². The van der Waals surface area contributed by atoms with Crippen LogP contribution in [0, 0.1) is 5.92 Å². The zero-order valence-corrected chi connectivity index (χ0v) is 14.3. The third kappa shape index (κ3) is 3.44. The lowest BCUT2D eigenvalue weighted by atomic mass is 9.89. The van der Waals surface area contributed by atoms with E-state index in [1.54, 1.807) is 24.3 Å². The number of halogens is 1. The summed E-state index contributed by atoms with van der Waals surface area (Å²) < 4.78 is 5.14. The SMILES string of the molecule is COc1ncccc1C(=O)N1C[C@@H](C(=O)O)[C@H](c2ccc(Cl)cc2)C1. The molecule has 0 radical (unpaired) electrons. The fourth-order valence-corrected chi connectivity index (χ4v) is 3.28. The summed E-state index contributed by atoms with van der Waals surface area (Å²) >= 11 is 5.91. The number of pyridine rings is 1. The molecule has 0 spiro atoms. The molecule has 0 saturated carbocycles. The molecule has 2 heterocycles. The van der Waals surface area contributed by atoms with Gasteiger partial charge in [0, 0.05) is 30.2 Å². The quantitative estimate of drug-likeness (QED) is 0.906. The van der Waals surface area contributed by atoms with Crippen LogP contribution in [0.2, 0.25) is 5.02 Å². The molecule has 1 fully saturated rings. The highest BCUT2D eigenvalue weighted by Crippen LogP contribution is 2.34. The van der Waals surface area contributed by atoms with Crippen LogP contribution in [0.4, 0.5) is 0 Å². The number of aliphatic carboxylic acids is 1. The molecule has 1 aromatic heterocycles. The Bertz CT molecular complexity index is 794. The number of hydrogen-bond donors (Lipinski definition) is 1. The fourth-order valence-electron chi connectivity index (χ4n) is 3.15. The normalized spacial score (nSPS) is 19.7. The Morgan fingerprint density at radius 2 is 1.96 bits per heavy atom. The number of rotatable bonds is 4.